The van der Waals surface area contributed by atoms with Gasteiger partial charge in [-0.15, -0.1) is 24.0 Å². The van der Waals surface area contributed by atoms with Crippen LogP contribution in [-0.4, -0.2) is 85.5 Å². The Morgan fingerprint density at radius 1 is 1.06 bits per heavy atom. The highest BCUT2D eigenvalue weighted by molar-refractivity contribution is 14.0. The maximum Gasteiger partial charge on any atom is 0.239 e. The van der Waals surface area contributed by atoms with Crippen molar-refractivity contribution >= 4 is 35.8 Å². The van der Waals surface area contributed by atoms with Gasteiger partial charge < -0.3 is 15.1 Å². The van der Waals surface area contributed by atoms with Crippen LogP contribution in [0.3, 0.4) is 0 Å². The van der Waals surface area contributed by atoms with Crippen LogP contribution in [0.5, 0.6) is 0 Å². The zero-order valence-corrected chi connectivity index (χ0v) is 21.0. The molecule has 2 saturated heterocycles. The van der Waals surface area contributed by atoms with Gasteiger partial charge in [0.05, 0.1) is 6.04 Å². The van der Waals surface area contributed by atoms with Crippen molar-refractivity contribution in [1.29, 1.82) is 0 Å². The lowest BCUT2D eigenvalue weighted by Crippen LogP contribution is -2.57. The zero-order chi connectivity index (χ0) is 21.1. The van der Waals surface area contributed by atoms with Crippen LogP contribution in [0.1, 0.15) is 38.2 Å². The van der Waals surface area contributed by atoms with Gasteiger partial charge in [0.2, 0.25) is 5.91 Å². The maximum absolute atomic E-state index is 13.3. The SMILES string of the molecule is CN=C(NCC1(c2ccc(F)cc2)CC1)N1CCN(C(C)C(=O)N2CCCC2)CC1.I. The van der Waals surface area contributed by atoms with E-state index < -0.39 is 0 Å². The van der Waals surface area contributed by atoms with E-state index >= 15 is 0 Å². The Morgan fingerprint density at radius 3 is 2.23 bits per heavy atom. The second-order valence-corrected chi connectivity index (χ2v) is 8.92. The van der Waals surface area contributed by atoms with Crippen molar-refractivity contribution in [3.05, 3.63) is 35.6 Å². The summed E-state index contributed by atoms with van der Waals surface area (Å²) >= 11 is 0. The molecule has 1 amide bonds. The van der Waals surface area contributed by atoms with Crippen molar-refractivity contribution in [2.75, 3.05) is 52.9 Å². The topological polar surface area (TPSA) is 51.2 Å². The van der Waals surface area contributed by atoms with Crippen LogP contribution in [0.2, 0.25) is 0 Å². The standard InChI is InChI=1S/C23H34FN5O.HI/c1-18(21(30)28-11-3-4-12-28)27-13-15-29(16-14-27)22(25-2)26-17-23(9-10-23)19-5-7-20(24)8-6-19;/h5-8,18H,3-4,9-17H2,1-2H3,(H,25,26);1H. The van der Waals surface area contributed by atoms with Gasteiger partial charge in [-0.05, 0) is 50.3 Å². The summed E-state index contributed by atoms with van der Waals surface area (Å²) in [7, 11) is 1.83. The van der Waals surface area contributed by atoms with Crippen molar-refractivity contribution in [2.24, 2.45) is 4.99 Å². The van der Waals surface area contributed by atoms with E-state index in [-0.39, 0.29) is 47.2 Å². The first-order chi connectivity index (χ1) is 14.5. The van der Waals surface area contributed by atoms with Crippen molar-refractivity contribution in [1.82, 2.24) is 20.0 Å². The molecule has 172 valence electrons. The normalized spacial score (nSPS) is 22.1. The lowest BCUT2D eigenvalue weighted by molar-refractivity contribution is -0.135. The highest BCUT2D eigenvalue weighted by Gasteiger charge is 2.44. The predicted molar refractivity (Wildman–Crippen MR) is 133 cm³/mol. The fourth-order valence-electron chi connectivity index (χ4n) is 4.78. The minimum Gasteiger partial charge on any atom is -0.355 e. The van der Waals surface area contributed by atoms with Gasteiger partial charge in [0.15, 0.2) is 5.96 Å². The third kappa shape index (κ3) is 5.50. The first-order valence-corrected chi connectivity index (χ1v) is 11.3. The molecular weight excluding hydrogens is 508 g/mol. The van der Waals surface area contributed by atoms with Crippen LogP contribution < -0.4 is 5.32 Å². The third-order valence-corrected chi connectivity index (χ3v) is 7.04. The summed E-state index contributed by atoms with van der Waals surface area (Å²) in [6.07, 6.45) is 4.50. The van der Waals surface area contributed by atoms with E-state index in [4.69, 9.17) is 0 Å². The summed E-state index contributed by atoms with van der Waals surface area (Å²) in [4.78, 5) is 23.8. The number of benzene rings is 1. The molecule has 31 heavy (non-hydrogen) atoms. The summed E-state index contributed by atoms with van der Waals surface area (Å²) in [6.45, 7) is 8.14. The number of halogens is 2. The summed E-state index contributed by atoms with van der Waals surface area (Å²) in [6, 6.07) is 6.87. The van der Waals surface area contributed by atoms with Gasteiger partial charge in [0.1, 0.15) is 5.82 Å². The molecule has 1 aromatic carbocycles. The first kappa shape index (κ1) is 24.2. The average molecular weight is 543 g/mol. The maximum atomic E-state index is 13.3. The van der Waals surface area contributed by atoms with Gasteiger partial charge in [-0.1, -0.05) is 12.1 Å². The molecule has 0 aromatic heterocycles. The van der Waals surface area contributed by atoms with E-state index in [0.29, 0.717) is 0 Å². The monoisotopic (exact) mass is 543 g/mol. The third-order valence-electron chi connectivity index (χ3n) is 7.04. The molecule has 0 radical (unpaired) electrons. The van der Waals surface area contributed by atoms with Gasteiger partial charge >= 0.3 is 0 Å². The quantitative estimate of drug-likeness (QED) is 0.353. The van der Waals surface area contributed by atoms with Crippen LogP contribution in [0.25, 0.3) is 0 Å². The van der Waals surface area contributed by atoms with Gasteiger partial charge in [0, 0.05) is 58.3 Å². The molecular formula is C23H35FIN5O. The summed E-state index contributed by atoms with van der Waals surface area (Å²) < 4.78 is 13.3. The van der Waals surface area contributed by atoms with Crippen LogP contribution >= 0.6 is 24.0 Å². The summed E-state index contributed by atoms with van der Waals surface area (Å²) in [5.41, 5.74) is 1.30. The Morgan fingerprint density at radius 2 is 1.68 bits per heavy atom. The lowest BCUT2D eigenvalue weighted by Gasteiger charge is -2.39. The highest BCUT2D eigenvalue weighted by Crippen LogP contribution is 2.47. The fraction of sp³-hybridized carbons (Fsp3) is 0.652. The second-order valence-electron chi connectivity index (χ2n) is 8.92. The molecule has 1 atom stereocenters. The van der Waals surface area contributed by atoms with E-state index in [2.05, 4.69) is 20.1 Å². The molecule has 0 bridgehead atoms. The second kappa shape index (κ2) is 10.5. The van der Waals surface area contributed by atoms with E-state index in [1.165, 1.54) is 5.56 Å². The van der Waals surface area contributed by atoms with Crippen LogP contribution in [-0.2, 0) is 10.2 Å². The Kier molecular flexibility index (Phi) is 8.18. The number of piperazine rings is 1. The summed E-state index contributed by atoms with van der Waals surface area (Å²) in [5, 5.41) is 3.56. The van der Waals surface area contributed by atoms with E-state index in [1.807, 2.05) is 31.0 Å². The van der Waals surface area contributed by atoms with Crippen molar-refractivity contribution in [3.8, 4) is 0 Å². The Labute approximate surface area is 202 Å². The Hall–Kier alpha value is -1.42. The molecule has 1 unspecified atom stereocenters. The van der Waals surface area contributed by atoms with E-state index in [0.717, 1.165) is 77.5 Å². The molecule has 2 heterocycles. The van der Waals surface area contributed by atoms with Gasteiger partial charge in [0.25, 0.3) is 0 Å². The molecule has 0 spiro atoms. The van der Waals surface area contributed by atoms with Crippen LogP contribution in [0.4, 0.5) is 4.39 Å². The molecule has 1 aromatic rings. The minimum atomic E-state index is -0.186. The molecule has 4 rings (SSSR count). The molecule has 1 aliphatic carbocycles. The first-order valence-electron chi connectivity index (χ1n) is 11.3. The van der Waals surface area contributed by atoms with Crippen molar-refractivity contribution in [2.45, 2.75) is 44.1 Å². The predicted octanol–water partition coefficient (Wildman–Crippen LogP) is 2.68. The summed E-state index contributed by atoms with van der Waals surface area (Å²) in [5.74, 6) is 1.01. The number of hydrogen-bond acceptors (Lipinski definition) is 3. The number of amides is 1. The largest absolute Gasteiger partial charge is 0.355 e. The zero-order valence-electron chi connectivity index (χ0n) is 18.6. The number of carbonyl (C=O) groups excluding carboxylic acids is 1. The van der Waals surface area contributed by atoms with Gasteiger partial charge in [-0.25, -0.2) is 4.39 Å². The van der Waals surface area contributed by atoms with Gasteiger partial charge in [-0.2, -0.15) is 0 Å². The minimum absolute atomic E-state index is 0. The number of guanidine groups is 1. The smallest absolute Gasteiger partial charge is 0.239 e. The number of hydrogen-bond donors (Lipinski definition) is 1. The van der Waals surface area contributed by atoms with E-state index in [1.54, 1.807) is 12.1 Å². The van der Waals surface area contributed by atoms with Crippen molar-refractivity contribution < 1.29 is 9.18 Å². The molecule has 3 aliphatic rings. The van der Waals surface area contributed by atoms with Crippen molar-refractivity contribution in [3.63, 3.8) is 0 Å². The van der Waals surface area contributed by atoms with Gasteiger partial charge in [-0.3, -0.25) is 14.7 Å². The number of carbonyl (C=O) groups is 1. The molecule has 2 aliphatic heterocycles. The number of nitrogens with zero attached hydrogens (tertiary/aromatic N) is 4. The highest BCUT2D eigenvalue weighted by atomic mass is 127. The van der Waals surface area contributed by atoms with E-state index in [9.17, 15) is 9.18 Å². The number of nitrogens with one attached hydrogen (secondary N) is 1. The molecule has 1 N–H and O–H groups in total. The lowest BCUT2D eigenvalue weighted by atomic mass is 9.96. The molecule has 6 nitrogen and oxygen atoms in total. The fourth-order valence-corrected chi connectivity index (χ4v) is 4.78. The number of likely N-dealkylation sites (tertiary alicyclic amines) is 1. The molecule has 8 heteroatoms. The molecule has 1 saturated carbocycles. The Bertz CT molecular complexity index is 769. The number of aliphatic imine (C=N–C) groups is 1. The van der Waals surface area contributed by atoms with Crippen LogP contribution in [0.15, 0.2) is 29.3 Å². The Balaban J connectivity index is 0.00000272. The number of rotatable bonds is 5. The van der Waals surface area contributed by atoms with Crippen LogP contribution in [0, 0.1) is 5.82 Å². The molecule has 3 fully saturated rings. The average Bonchev–Trinajstić information content (AvgIpc) is 3.36.